The van der Waals surface area contributed by atoms with Crippen molar-refractivity contribution in [1.82, 2.24) is 25.2 Å². The molecule has 1 aromatic heterocycles. The minimum atomic E-state index is -0.00525. The topological polar surface area (TPSA) is 65.1 Å². The lowest BCUT2D eigenvalue weighted by atomic mass is 9.79. The van der Waals surface area contributed by atoms with Crippen LogP contribution in [0.2, 0.25) is 0 Å². The van der Waals surface area contributed by atoms with Crippen molar-refractivity contribution in [1.29, 1.82) is 0 Å². The zero-order valence-electron chi connectivity index (χ0n) is 14.7. The first-order valence-electron chi connectivity index (χ1n) is 9.18. The standard InChI is InChI=1S/C19H25N5O/c1-15-17(21-22-20-15)18(25)23-13-9-19(10-14-23,24-11-5-6-12-24)16-7-3-2-4-8-16/h2-4,7-8H,5-6,9-14H2,1H3,(H,20,21,22). The highest BCUT2D eigenvalue weighted by atomic mass is 16.2. The van der Waals surface area contributed by atoms with E-state index in [0.717, 1.165) is 39.0 Å². The molecule has 25 heavy (non-hydrogen) atoms. The molecule has 3 heterocycles. The number of nitrogens with one attached hydrogen (secondary N) is 1. The highest BCUT2D eigenvalue weighted by Gasteiger charge is 2.43. The molecular weight excluding hydrogens is 314 g/mol. The van der Waals surface area contributed by atoms with Crippen LogP contribution in [0.3, 0.4) is 0 Å². The molecule has 2 fully saturated rings. The Kier molecular flexibility index (Phi) is 4.29. The molecule has 1 N–H and O–H groups in total. The summed E-state index contributed by atoms with van der Waals surface area (Å²) in [6, 6.07) is 10.8. The zero-order chi connectivity index (χ0) is 17.3. The van der Waals surface area contributed by atoms with Gasteiger partial charge in [-0.25, -0.2) is 0 Å². The van der Waals surface area contributed by atoms with E-state index < -0.39 is 0 Å². The highest BCUT2D eigenvalue weighted by Crippen LogP contribution is 2.41. The fraction of sp³-hybridized carbons (Fsp3) is 0.526. The maximum Gasteiger partial charge on any atom is 0.276 e. The van der Waals surface area contributed by atoms with Crippen LogP contribution < -0.4 is 0 Å². The molecule has 132 valence electrons. The summed E-state index contributed by atoms with van der Waals surface area (Å²) in [6.45, 7) is 5.66. The number of benzene rings is 1. The average Bonchev–Trinajstić information content (AvgIpc) is 3.34. The van der Waals surface area contributed by atoms with Gasteiger partial charge in [-0.3, -0.25) is 9.69 Å². The number of amides is 1. The van der Waals surface area contributed by atoms with E-state index >= 15 is 0 Å². The molecule has 0 unspecified atom stereocenters. The van der Waals surface area contributed by atoms with Crippen molar-refractivity contribution in [2.24, 2.45) is 0 Å². The number of aromatic nitrogens is 3. The predicted molar refractivity (Wildman–Crippen MR) is 95.2 cm³/mol. The van der Waals surface area contributed by atoms with Gasteiger partial charge in [0.1, 0.15) is 0 Å². The lowest BCUT2D eigenvalue weighted by Crippen LogP contribution is -2.53. The van der Waals surface area contributed by atoms with Crippen LogP contribution in [0.25, 0.3) is 0 Å². The quantitative estimate of drug-likeness (QED) is 0.932. The number of H-pyrrole nitrogens is 1. The molecule has 0 radical (unpaired) electrons. The molecule has 2 saturated heterocycles. The van der Waals surface area contributed by atoms with E-state index in [1.807, 2.05) is 11.8 Å². The third-order valence-corrected chi connectivity index (χ3v) is 5.83. The monoisotopic (exact) mass is 339 g/mol. The molecule has 4 rings (SSSR count). The summed E-state index contributed by atoms with van der Waals surface area (Å²) in [4.78, 5) is 17.3. The van der Waals surface area contributed by atoms with E-state index in [4.69, 9.17) is 0 Å². The van der Waals surface area contributed by atoms with E-state index in [2.05, 4.69) is 50.6 Å². The van der Waals surface area contributed by atoms with Gasteiger partial charge in [-0.05, 0) is 51.3 Å². The van der Waals surface area contributed by atoms with Crippen molar-refractivity contribution in [3.63, 3.8) is 0 Å². The normalized spacial score (nSPS) is 20.8. The van der Waals surface area contributed by atoms with Crippen molar-refractivity contribution < 1.29 is 4.79 Å². The van der Waals surface area contributed by atoms with Crippen molar-refractivity contribution in [2.45, 2.75) is 38.1 Å². The molecule has 0 spiro atoms. The van der Waals surface area contributed by atoms with Gasteiger partial charge in [-0.1, -0.05) is 30.3 Å². The van der Waals surface area contributed by atoms with Crippen LogP contribution >= 0.6 is 0 Å². The number of carbonyl (C=O) groups excluding carboxylic acids is 1. The number of rotatable bonds is 3. The second-order valence-corrected chi connectivity index (χ2v) is 7.14. The lowest BCUT2D eigenvalue weighted by Gasteiger charge is -2.48. The van der Waals surface area contributed by atoms with Crippen molar-refractivity contribution in [3.8, 4) is 0 Å². The van der Waals surface area contributed by atoms with Gasteiger partial charge in [0.25, 0.3) is 5.91 Å². The van der Waals surface area contributed by atoms with Gasteiger partial charge in [-0.15, -0.1) is 0 Å². The van der Waals surface area contributed by atoms with Gasteiger partial charge < -0.3 is 4.90 Å². The number of aryl methyl sites for hydroxylation is 1. The van der Waals surface area contributed by atoms with Crippen molar-refractivity contribution in [3.05, 3.63) is 47.3 Å². The molecule has 6 heteroatoms. The summed E-state index contributed by atoms with van der Waals surface area (Å²) < 4.78 is 0. The van der Waals surface area contributed by atoms with Crippen LogP contribution in [0.15, 0.2) is 30.3 Å². The molecule has 0 saturated carbocycles. The van der Waals surface area contributed by atoms with Crippen molar-refractivity contribution >= 4 is 5.91 Å². The second-order valence-electron chi connectivity index (χ2n) is 7.14. The van der Waals surface area contributed by atoms with Gasteiger partial charge in [-0.2, -0.15) is 15.4 Å². The Bertz CT molecular complexity index is 727. The molecule has 2 aliphatic heterocycles. The molecule has 2 aromatic rings. The summed E-state index contributed by atoms with van der Waals surface area (Å²) in [5.41, 5.74) is 2.58. The fourth-order valence-corrected chi connectivity index (χ4v) is 4.40. The van der Waals surface area contributed by atoms with Crippen LogP contribution in [-0.2, 0) is 5.54 Å². The molecule has 1 amide bonds. The third-order valence-electron chi connectivity index (χ3n) is 5.83. The molecule has 2 aliphatic rings. The van der Waals surface area contributed by atoms with E-state index in [0.29, 0.717) is 11.4 Å². The number of nitrogens with zero attached hydrogens (tertiary/aromatic N) is 4. The van der Waals surface area contributed by atoms with Gasteiger partial charge in [0.15, 0.2) is 5.69 Å². The zero-order valence-corrected chi connectivity index (χ0v) is 14.7. The van der Waals surface area contributed by atoms with Gasteiger partial charge in [0.2, 0.25) is 0 Å². The number of likely N-dealkylation sites (tertiary alicyclic amines) is 2. The van der Waals surface area contributed by atoms with Crippen LogP contribution in [0.1, 0.15) is 47.4 Å². The lowest BCUT2D eigenvalue weighted by molar-refractivity contribution is 0.0291. The minimum absolute atomic E-state index is 0.00525. The van der Waals surface area contributed by atoms with Crippen LogP contribution in [0.5, 0.6) is 0 Å². The van der Waals surface area contributed by atoms with Gasteiger partial charge in [0.05, 0.1) is 5.69 Å². The minimum Gasteiger partial charge on any atom is -0.337 e. The van der Waals surface area contributed by atoms with Crippen molar-refractivity contribution in [2.75, 3.05) is 26.2 Å². The Labute approximate surface area is 148 Å². The predicted octanol–water partition coefficient (Wildman–Crippen LogP) is 2.34. The Morgan fingerprint density at radius 2 is 1.72 bits per heavy atom. The van der Waals surface area contributed by atoms with E-state index in [-0.39, 0.29) is 11.4 Å². The number of hydrogen-bond acceptors (Lipinski definition) is 4. The second kappa shape index (κ2) is 6.59. The Balaban J connectivity index is 1.56. The average molecular weight is 339 g/mol. The molecule has 0 aliphatic carbocycles. The van der Waals surface area contributed by atoms with Gasteiger partial charge >= 0.3 is 0 Å². The largest absolute Gasteiger partial charge is 0.337 e. The first-order valence-corrected chi connectivity index (χ1v) is 9.18. The summed E-state index contributed by atoms with van der Waals surface area (Å²) in [5.74, 6) is -0.00525. The van der Waals surface area contributed by atoms with E-state index in [1.165, 1.54) is 18.4 Å². The number of aromatic amines is 1. The van der Waals surface area contributed by atoms with E-state index in [9.17, 15) is 4.79 Å². The Morgan fingerprint density at radius 1 is 1.04 bits per heavy atom. The SMILES string of the molecule is Cc1n[nH]nc1C(=O)N1CCC(c2ccccc2)(N2CCCC2)CC1. The summed E-state index contributed by atoms with van der Waals surface area (Å²) in [5, 5.41) is 10.6. The molecule has 1 aromatic carbocycles. The summed E-state index contributed by atoms with van der Waals surface area (Å²) >= 11 is 0. The van der Waals surface area contributed by atoms with Gasteiger partial charge in [0, 0.05) is 18.6 Å². The van der Waals surface area contributed by atoms with Crippen LogP contribution in [-0.4, -0.2) is 57.3 Å². The van der Waals surface area contributed by atoms with E-state index in [1.54, 1.807) is 0 Å². The summed E-state index contributed by atoms with van der Waals surface area (Å²) in [7, 11) is 0. The van der Waals surface area contributed by atoms with Crippen LogP contribution in [0.4, 0.5) is 0 Å². The van der Waals surface area contributed by atoms with Crippen LogP contribution in [0, 0.1) is 6.92 Å². The highest BCUT2D eigenvalue weighted by molar-refractivity contribution is 5.93. The number of piperidine rings is 1. The first kappa shape index (κ1) is 16.3. The number of carbonyl (C=O) groups is 1. The first-order chi connectivity index (χ1) is 12.2. The smallest absolute Gasteiger partial charge is 0.276 e. The Morgan fingerprint density at radius 3 is 2.32 bits per heavy atom. The molecule has 0 atom stereocenters. The molecule has 0 bridgehead atoms. The Hall–Kier alpha value is -2.21. The third kappa shape index (κ3) is 2.84. The number of hydrogen-bond donors (Lipinski definition) is 1. The maximum absolute atomic E-state index is 12.7. The summed E-state index contributed by atoms with van der Waals surface area (Å²) in [6.07, 6.45) is 4.49. The molecule has 6 nitrogen and oxygen atoms in total. The molecular formula is C19H25N5O. The fourth-order valence-electron chi connectivity index (χ4n) is 4.40. The maximum atomic E-state index is 12.7.